The van der Waals surface area contributed by atoms with Gasteiger partial charge in [-0.05, 0) is 37.8 Å². The second-order valence-electron chi connectivity index (χ2n) is 5.26. The van der Waals surface area contributed by atoms with Crippen molar-refractivity contribution in [1.29, 1.82) is 0 Å². The van der Waals surface area contributed by atoms with Crippen molar-refractivity contribution in [3.63, 3.8) is 0 Å². The van der Waals surface area contributed by atoms with Crippen LogP contribution in [0.5, 0.6) is 0 Å². The van der Waals surface area contributed by atoms with Gasteiger partial charge in [-0.3, -0.25) is 0 Å². The number of ether oxygens (including phenoxy) is 1. The second kappa shape index (κ2) is 10.0. The predicted octanol–water partition coefficient (Wildman–Crippen LogP) is 0.473. The maximum atomic E-state index is 11.8. The van der Waals surface area contributed by atoms with E-state index in [9.17, 15) is 9.59 Å². The van der Waals surface area contributed by atoms with Crippen molar-refractivity contribution < 1.29 is 14.3 Å². The van der Waals surface area contributed by atoms with Gasteiger partial charge in [0.15, 0.2) is 0 Å². The van der Waals surface area contributed by atoms with Gasteiger partial charge in [-0.1, -0.05) is 36.8 Å². The van der Waals surface area contributed by atoms with Crippen LogP contribution in [-0.2, 0) is 20.7 Å². The van der Waals surface area contributed by atoms with Gasteiger partial charge in [0.2, 0.25) is 0 Å². The lowest BCUT2D eigenvalue weighted by atomic mass is 10.1. The molecule has 6 heteroatoms. The third-order valence-electron chi connectivity index (χ3n) is 3.36. The number of hydrogen-bond donors (Lipinski definition) is 3. The van der Waals surface area contributed by atoms with E-state index in [2.05, 4.69) is 0 Å². The van der Waals surface area contributed by atoms with Crippen molar-refractivity contribution in [2.24, 2.45) is 17.2 Å². The number of benzene rings is 1. The van der Waals surface area contributed by atoms with E-state index in [1.165, 1.54) is 0 Å². The molecule has 2 atom stereocenters. The normalized spacial score (nSPS) is 13.4. The molecular weight excluding hydrogens is 282 g/mol. The molecule has 0 radical (unpaired) electrons. The summed E-state index contributed by atoms with van der Waals surface area (Å²) in [6.45, 7) is 0.547. The monoisotopic (exact) mass is 307 g/mol. The second-order valence-corrected chi connectivity index (χ2v) is 5.26. The quantitative estimate of drug-likeness (QED) is 0.346. The highest BCUT2D eigenvalue weighted by Gasteiger charge is 2.22. The molecule has 6 N–H and O–H groups in total. The molecule has 1 aromatic rings. The Labute approximate surface area is 131 Å². The van der Waals surface area contributed by atoms with Gasteiger partial charge in [-0.25, -0.2) is 9.59 Å². The molecule has 0 aliphatic heterocycles. The van der Waals surface area contributed by atoms with E-state index in [4.69, 9.17) is 21.9 Å². The van der Waals surface area contributed by atoms with Crippen LogP contribution in [-0.4, -0.2) is 30.6 Å². The number of esters is 2. The van der Waals surface area contributed by atoms with Gasteiger partial charge in [0.05, 0.1) is 0 Å². The van der Waals surface area contributed by atoms with Gasteiger partial charge in [0.1, 0.15) is 12.1 Å². The number of nitrogens with two attached hydrogens (primary N) is 3. The fraction of sp³-hybridized carbons (Fsp3) is 0.500. The highest BCUT2D eigenvalue weighted by atomic mass is 16.6. The van der Waals surface area contributed by atoms with Gasteiger partial charge >= 0.3 is 11.9 Å². The van der Waals surface area contributed by atoms with Crippen LogP contribution in [0.2, 0.25) is 0 Å². The predicted molar refractivity (Wildman–Crippen MR) is 84.7 cm³/mol. The Bertz CT molecular complexity index is 465. The Morgan fingerprint density at radius 3 is 2.14 bits per heavy atom. The van der Waals surface area contributed by atoms with Gasteiger partial charge in [-0.15, -0.1) is 0 Å². The largest absolute Gasteiger partial charge is 0.391 e. The Kier molecular flexibility index (Phi) is 8.35. The van der Waals surface area contributed by atoms with Crippen molar-refractivity contribution in [3.8, 4) is 0 Å². The van der Waals surface area contributed by atoms with Crippen molar-refractivity contribution in [3.05, 3.63) is 35.9 Å². The van der Waals surface area contributed by atoms with Crippen LogP contribution >= 0.6 is 0 Å². The summed E-state index contributed by atoms with van der Waals surface area (Å²) in [7, 11) is 0. The molecule has 0 fully saturated rings. The molecule has 0 saturated heterocycles. The summed E-state index contributed by atoms with van der Waals surface area (Å²) in [4.78, 5) is 23.4. The van der Waals surface area contributed by atoms with E-state index < -0.39 is 24.0 Å². The van der Waals surface area contributed by atoms with E-state index >= 15 is 0 Å². The van der Waals surface area contributed by atoms with Crippen LogP contribution in [0.1, 0.15) is 31.2 Å². The van der Waals surface area contributed by atoms with E-state index in [1.807, 2.05) is 30.3 Å². The molecule has 1 rings (SSSR count). The van der Waals surface area contributed by atoms with Crippen molar-refractivity contribution in [2.75, 3.05) is 6.54 Å². The van der Waals surface area contributed by atoms with Crippen LogP contribution in [0.3, 0.4) is 0 Å². The van der Waals surface area contributed by atoms with E-state index in [-0.39, 0.29) is 0 Å². The van der Waals surface area contributed by atoms with Crippen LogP contribution in [0.15, 0.2) is 30.3 Å². The molecule has 0 spiro atoms. The molecule has 6 nitrogen and oxygen atoms in total. The van der Waals surface area contributed by atoms with E-state index in [1.54, 1.807) is 0 Å². The summed E-state index contributed by atoms with van der Waals surface area (Å²) in [6, 6.07) is 8.03. The molecule has 0 heterocycles. The molecule has 0 bridgehead atoms. The topological polar surface area (TPSA) is 121 Å². The van der Waals surface area contributed by atoms with Crippen LogP contribution in [0.4, 0.5) is 0 Å². The summed E-state index contributed by atoms with van der Waals surface area (Å²) < 4.78 is 4.73. The lowest BCUT2D eigenvalue weighted by Gasteiger charge is -2.13. The molecular formula is C16H25N3O3. The Morgan fingerprint density at radius 2 is 1.55 bits per heavy atom. The first-order chi connectivity index (χ1) is 10.5. The minimum atomic E-state index is -0.833. The highest BCUT2D eigenvalue weighted by Crippen LogP contribution is 2.06. The van der Waals surface area contributed by atoms with E-state index in [0.29, 0.717) is 25.8 Å². The zero-order chi connectivity index (χ0) is 16.4. The lowest BCUT2D eigenvalue weighted by Crippen LogP contribution is -2.39. The van der Waals surface area contributed by atoms with Gasteiger partial charge in [-0.2, -0.15) is 0 Å². The van der Waals surface area contributed by atoms with Crippen molar-refractivity contribution in [2.45, 2.75) is 44.2 Å². The summed E-state index contributed by atoms with van der Waals surface area (Å²) in [5.74, 6) is -1.45. The maximum absolute atomic E-state index is 11.8. The lowest BCUT2D eigenvalue weighted by molar-refractivity contribution is -0.161. The number of carbonyl (C=O) groups excluding carboxylic acids is 2. The SMILES string of the molecule is NCCCC[C@H](N)C(=O)OC(=O)[C@H](N)CCc1ccccc1. The highest BCUT2D eigenvalue weighted by molar-refractivity contribution is 5.90. The number of hydrogen-bond acceptors (Lipinski definition) is 6. The van der Waals surface area contributed by atoms with Gasteiger partial charge in [0.25, 0.3) is 0 Å². The summed E-state index contributed by atoms with van der Waals surface area (Å²) in [5.41, 5.74) is 17.9. The van der Waals surface area contributed by atoms with Crippen LogP contribution in [0.25, 0.3) is 0 Å². The average molecular weight is 307 g/mol. The fourth-order valence-electron chi connectivity index (χ4n) is 1.96. The smallest absolute Gasteiger partial charge is 0.330 e. The summed E-state index contributed by atoms with van der Waals surface area (Å²) in [6.07, 6.45) is 3.02. The van der Waals surface area contributed by atoms with E-state index in [0.717, 1.165) is 18.4 Å². The van der Waals surface area contributed by atoms with Gasteiger partial charge < -0.3 is 21.9 Å². The third kappa shape index (κ3) is 6.80. The number of rotatable bonds is 9. The summed E-state index contributed by atoms with van der Waals surface area (Å²) in [5, 5.41) is 0. The molecule has 1 aromatic carbocycles. The first kappa shape index (κ1) is 18.3. The molecule has 0 saturated carbocycles. The molecule has 122 valence electrons. The molecule has 0 unspecified atom stereocenters. The van der Waals surface area contributed by atoms with Crippen molar-refractivity contribution >= 4 is 11.9 Å². The average Bonchev–Trinajstić information content (AvgIpc) is 2.53. The van der Waals surface area contributed by atoms with Crippen LogP contribution < -0.4 is 17.2 Å². The summed E-state index contributed by atoms with van der Waals surface area (Å²) >= 11 is 0. The standard InChI is InChI=1S/C16H25N3O3/c17-11-5-4-8-13(18)15(20)22-16(21)14(19)10-9-12-6-2-1-3-7-12/h1-3,6-7,13-14H,4-5,8-11,17-19H2/t13-,14+/m0/s1. The Balaban J connectivity index is 2.32. The zero-order valence-electron chi connectivity index (χ0n) is 12.7. The molecule has 22 heavy (non-hydrogen) atoms. The van der Waals surface area contributed by atoms with Gasteiger partial charge in [0, 0.05) is 0 Å². The Morgan fingerprint density at radius 1 is 0.955 bits per heavy atom. The molecule has 0 aromatic heterocycles. The van der Waals surface area contributed by atoms with Crippen LogP contribution in [0, 0.1) is 0 Å². The zero-order valence-corrected chi connectivity index (χ0v) is 12.7. The molecule has 0 aliphatic carbocycles. The Hall–Kier alpha value is -1.76. The van der Waals surface area contributed by atoms with Crippen molar-refractivity contribution in [1.82, 2.24) is 0 Å². The first-order valence-corrected chi connectivity index (χ1v) is 7.55. The third-order valence-corrected chi connectivity index (χ3v) is 3.36. The molecule has 0 aliphatic rings. The minimum absolute atomic E-state index is 0.415. The number of aryl methyl sites for hydroxylation is 1. The fourth-order valence-corrected chi connectivity index (χ4v) is 1.96. The minimum Gasteiger partial charge on any atom is -0.391 e. The first-order valence-electron chi connectivity index (χ1n) is 7.55. The maximum Gasteiger partial charge on any atom is 0.330 e. The number of carbonyl (C=O) groups is 2. The number of unbranched alkanes of at least 4 members (excludes halogenated alkanes) is 1. The molecule has 0 amide bonds.